The predicted molar refractivity (Wildman–Crippen MR) is 152 cm³/mol. The minimum Gasteiger partial charge on any atom is -1.00 e. The smallest absolute Gasteiger partial charge is 1.00 e. The van der Waals surface area contributed by atoms with Gasteiger partial charge in [-0.1, -0.05) is 77.3 Å². The third-order valence-corrected chi connectivity index (χ3v) is 5.99. The molecule has 0 saturated carbocycles. The largest absolute Gasteiger partial charge is 1.00 e. The number of aryl methyl sites for hydroxylation is 2. The first-order chi connectivity index (χ1) is 16.5. The molecule has 0 radical (unpaired) electrons. The van der Waals surface area contributed by atoms with Crippen molar-refractivity contribution in [2.75, 3.05) is 0 Å². The molecule has 4 heteroatoms. The van der Waals surface area contributed by atoms with Gasteiger partial charge >= 0.3 is 41.9 Å². The van der Waals surface area contributed by atoms with Crippen LogP contribution in [0.1, 0.15) is 76.3 Å². The molecular weight excluding hydrogens is 575 g/mol. The van der Waals surface area contributed by atoms with Crippen molar-refractivity contribution in [3.63, 3.8) is 0 Å². The predicted octanol–water partition coefficient (Wildman–Crippen LogP) is 4.16. The number of unbranched alkanes of at least 4 members (excludes halogenated alkanes) is 6. The fourth-order valence-corrected chi connectivity index (χ4v) is 4.23. The van der Waals surface area contributed by atoms with E-state index >= 15 is 0 Å². The van der Waals surface area contributed by atoms with Crippen LogP contribution in [0, 0.1) is 0 Å². The second-order valence-electron chi connectivity index (χ2n) is 9.61. The van der Waals surface area contributed by atoms with Crippen molar-refractivity contribution in [2.45, 2.75) is 91.1 Å². The van der Waals surface area contributed by atoms with Crippen molar-refractivity contribution in [2.24, 2.45) is 0 Å². The molecule has 0 aromatic heterocycles. The first kappa shape index (κ1) is 35.3. The Morgan fingerprint density at radius 3 is 1.31 bits per heavy atom. The minimum absolute atomic E-state index is 0. The topological polar surface area (TPSA) is 0 Å². The molecule has 0 fully saturated rings. The van der Waals surface area contributed by atoms with Crippen molar-refractivity contribution in [1.29, 1.82) is 0 Å². The van der Waals surface area contributed by atoms with Crippen LogP contribution in [0.5, 0.6) is 0 Å². The van der Waals surface area contributed by atoms with Crippen LogP contribution in [0.25, 0.3) is 21.5 Å². The molecule has 0 amide bonds. The molecule has 0 nitrogen and oxygen atoms in total. The number of fused-ring (bicyclic) bond motifs is 2. The fourth-order valence-electron chi connectivity index (χ4n) is 4.23. The third kappa shape index (κ3) is 14.3. The minimum atomic E-state index is 0. The van der Waals surface area contributed by atoms with Gasteiger partial charge in [0.05, 0.1) is 0 Å². The maximum Gasteiger partial charge on any atom is -1.00 e. The van der Waals surface area contributed by atoms with E-state index in [1.165, 1.54) is 96.9 Å². The molecule has 0 saturated heterocycles. The van der Waals surface area contributed by atoms with Gasteiger partial charge in [0.25, 0.3) is 0 Å². The average molecular weight is 619 g/mol. The summed E-state index contributed by atoms with van der Waals surface area (Å²) in [5, 5.41) is 5.57. The quantitative estimate of drug-likeness (QED) is 0.142. The molecule has 36 heavy (non-hydrogen) atoms. The molecular formula is C32H44Cl2SiZr-2. The molecule has 0 heterocycles. The molecule has 4 aromatic carbocycles. The third-order valence-electron chi connectivity index (χ3n) is 5.99. The van der Waals surface area contributed by atoms with Crippen molar-refractivity contribution in [3.8, 4) is 0 Å². The summed E-state index contributed by atoms with van der Waals surface area (Å²) in [5.74, 6) is 0. The molecule has 0 spiro atoms. The Kier molecular flexibility index (Phi) is 20.9. The summed E-state index contributed by atoms with van der Waals surface area (Å²) in [5.41, 5.74) is 3.22. The van der Waals surface area contributed by atoms with Gasteiger partial charge in [0.1, 0.15) is 0 Å². The van der Waals surface area contributed by atoms with Crippen molar-refractivity contribution in [1.82, 2.24) is 0 Å². The molecule has 0 bridgehead atoms. The van der Waals surface area contributed by atoms with Crippen LogP contribution in [-0.2, 0) is 36.2 Å². The van der Waals surface area contributed by atoms with E-state index in [4.69, 9.17) is 0 Å². The van der Waals surface area contributed by atoms with Gasteiger partial charge in [-0.3, -0.25) is 0 Å². The van der Waals surface area contributed by atoms with E-state index in [0.717, 1.165) is 0 Å². The first-order valence-corrected chi connectivity index (χ1v) is 19.5. The van der Waals surface area contributed by atoms with Gasteiger partial charge in [-0.15, -0.1) is 81.2 Å². The molecule has 196 valence electrons. The molecule has 0 N–H and O–H groups in total. The molecule has 0 aliphatic rings. The first-order valence-electron chi connectivity index (χ1n) is 13.3. The fraction of sp³-hybridized carbons (Fsp3) is 0.438. The van der Waals surface area contributed by atoms with Crippen molar-refractivity contribution in [3.05, 3.63) is 83.9 Å². The summed E-state index contributed by atoms with van der Waals surface area (Å²) < 4.78 is 0. The molecule has 0 atom stereocenters. The Labute approximate surface area is 248 Å². The SMILES string of the molecule is CCCCCCc1cc2ccccc2[cH-]1.CCCCCCc1cc2ccccc2[cH-]1.C[Si](C)=[Zr+2].[Cl-].[Cl-]. The van der Waals surface area contributed by atoms with E-state index < -0.39 is 0 Å². The summed E-state index contributed by atoms with van der Waals surface area (Å²) in [4.78, 5) is 0. The van der Waals surface area contributed by atoms with E-state index in [1.54, 1.807) is 23.3 Å². The Morgan fingerprint density at radius 1 is 0.611 bits per heavy atom. The Hall–Kier alpha value is -0.660. The van der Waals surface area contributed by atoms with Gasteiger partial charge in [-0.2, -0.15) is 12.1 Å². The Morgan fingerprint density at radius 2 is 0.972 bits per heavy atom. The van der Waals surface area contributed by atoms with Crippen LogP contribution in [-0.4, -0.2) is 5.43 Å². The van der Waals surface area contributed by atoms with E-state index in [2.05, 4.69) is 99.7 Å². The zero-order chi connectivity index (χ0) is 24.6. The van der Waals surface area contributed by atoms with Crippen LogP contribution >= 0.6 is 0 Å². The van der Waals surface area contributed by atoms with Crippen LogP contribution in [0.15, 0.2) is 72.8 Å². The van der Waals surface area contributed by atoms with Gasteiger partial charge < -0.3 is 24.8 Å². The molecule has 0 aliphatic carbocycles. The zero-order valence-electron chi connectivity index (χ0n) is 22.8. The van der Waals surface area contributed by atoms with E-state index in [0.29, 0.717) is 0 Å². The number of hydrogen-bond donors (Lipinski definition) is 0. The summed E-state index contributed by atoms with van der Waals surface area (Å²) >= 11 is 1.74. The van der Waals surface area contributed by atoms with E-state index in [9.17, 15) is 0 Å². The van der Waals surface area contributed by atoms with Crippen molar-refractivity contribution < 1.29 is 48.1 Å². The van der Waals surface area contributed by atoms with Crippen molar-refractivity contribution >= 4 is 27.0 Å². The molecule has 0 unspecified atom stereocenters. The molecule has 4 rings (SSSR count). The number of benzene rings is 2. The van der Waals surface area contributed by atoms with Gasteiger partial charge in [-0.25, -0.2) is 0 Å². The molecule has 4 aromatic rings. The molecule has 0 aliphatic heterocycles. The summed E-state index contributed by atoms with van der Waals surface area (Å²) in [7, 11) is 0. The summed E-state index contributed by atoms with van der Waals surface area (Å²) in [6.45, 7) is 9.14. The summed E-state index contributed by atoms with van der Waals surface area (Å²) in [6.07, 6.45) is 13.3. The van der Waals surface area contributed by atoms with Crippen LogP contribution < -0.4 is 24.8 Å². The van der Waals surface area contributed by atoms with Crippen LogP contribution in [0.4, 0.5) is 0 Å². The normalized spacial score (nSPS) is 9.94. The number of hydrogen-bond acceptors (Lipinski definition) is 0. The van der Waals surface area contributed by atoms with Gasteiger partial charge in [0.15, 0.2) is 0 Å². The van der Waals surface area contributed by atoms with Gasteiger partial charge in [0.2, 0.25) is 0 Å². The number of rotatable bonds is 10. The van der Waals surface area contributed by atoms with E-state index in [-0.39, 0.29) is 30.2 Å². The van der Waals surface area contributed by atoms with Crippen LogP contribution in [0.3, 0.4) is 0 Å². The number of halogens is 2. The van der Waals surface area contributed by atoms with Gasteiger partial charge in [-0.05, 0) is 12.8 Å². The van der Waals surface area contributed by atoms with Gasteiger partial charge in [0, 0.05) is 0 Å². The monoisotopic (exact) mass is 616 g/mol. The second kappa shape index (κ2) is 21.3. The second-order valence-corrected chi connectivity index (χ2v) is 19.0. The van der Waals surface area contributed by atoms with Crippen LogP contribution in [0.2, 0.25) is 13.1 Å². The maximum atomic E-state index is 2.33. The zero-order valence-corrected chi connectivity index (χ0v) is 27.7. The standard InChI is InChI=1S/2C15H19.C2H6Si.2ClH.Zr/c2*1-2-3-4-5-8-13-11-14-9-6-7-10-15(14)12-13;1-3-2;;;/h2*6-7,9-12H,2-5,8H2,1H3;1-2H3;2*1H;/q2*-1;;;;+2/p-2. The Bertz CT molecular complexity index is 944. The van der Waals surface area contributed by atoms with E-state index in [1.807, 2.05) is 0 Å². The summed E-state index contributed by atoms with van der Waals surface area (Å²) in [6, 6.07) is 26.6. The Balaban J connectivity index is 0.000000566. The average Bonchev–Trinajstić information content (AvgIpc) is 3.43. The maximum absolute atomic E-state index is 2.33.